The SMILES string of the molecule is CCCCCSCCC(C)CCCl. The smallest absolute Gasteiger partial charge is 0.0225 e. The Balaban J connectivity index is 2.97. The lowest BCUT2D eigenvalue weighted by Crippen LogP contribution is -1.97. The van der Waals surface area contributed by atoms with Gasteiger partial charge < -0.3 is 0 Å². The van der Waals surface area contributed by atoms with E-state index in [1.54, 1.807) is 0 Å². The van der Waals surface area contributed by atoms with Gasteiger partial charge in [0.2, 0.25) is 0 Å². The average molecular weight is 223 g/mol. The third kappa shape index (κ3) is 10.6. The molecule has 0 heterocycles. The van der Waals surface area contributed by atoms with Crippen LogP contribution in [-0.2, 0) is 0 Å². The molecule has 0 spiro atoms. The molecule has 0 nitrogen and oxygen atoms in total. The molecule has 0 aliphatic heterocycles. The van der Waals surface area contributed by atoms with Crippen LogP contribution in [0.5, 0.6) is 0 Å². The van der Waals surface area contributed by atoms with Crippen molar-refractivity contribution in [2.75, 3.05) is 17.4 Å². The van der Waals surface area contributed by atoms with Crippen molar-refractivity contribution in [3.8, 4) is 0 Å². The summed E-state index contributed by atoms with van der Waals surface area (Å²) in [5, 5.41) is 0. The van der Waals surface area contributed by atoms with E-state index < -0.39 is 0 Å². The van der Waals surface area contributed by atoms with Crippen molar-refractivity contribution in [2.45, 2.75) is 46.0 Å². The summed E-state index contributed by atoms with van der Waals surface area (Å²) in [5.41, 5.74) is 0. The zero-order chi connectivity index (χ0) is 9.94. The standard InChI is InChI=1S/C11H23ClS/c1-3-4-5-9-13-10-7-11(2)6-8-12/h11H,3-10H2,1-2H3. The van der Waals surface area contributed by atoms with E-state index in [2.05, 4.69) is 25.6 Å². The van der Waals surface area contributed by atoms with E-state index in [4.69, 9.17) is 11.6 Å². The van der Waals surface area contributed by atoms with Gasteiger partial charge in [0.25, 0.3) is 0 Å². The minimum Gasteiger partial charge on any atom is -0.162 e. The van der Waals surface area contributed by atoms with Crippen molar-refractivity contribution < 1.29 is 0 Å². The quantitative estimate of drug-likeness (QED) is 0.407. The summed E-state index contributed by atoms with van der Waals surface area (Å²) in [5.74, 6) is 4.31. The molecule has 0 rings (SSSR count). The lowest BCUT2D eigenvalue weighted by molar-refractivity contribution is 0.552. The van der Waals surface area contributed by atoms with Crippen LogP contribution in [0.4, 0.5) is 0 Å². The number of halogens is 1. The van der Waals surface area contributed by atoms with Crippen LogP contribution in [-0.4, -0.2) is 17.4 Å². The van der Waals surface area contributed by atoms with Gasteiger partial charge >= 0.3 is 0 Å². The Morgan fingerprint density at radius 3 is 2.54 bits per heavy atom. The van der Waals surface area contributed by atoms with Crippen molar-refractivity contribution in [3.05, 3.63) is 0 Å². The molecule has 0 aromatic heterocycles. The van der Waals surface area contributed by atoms with Crippen molar-refractivity contribution in [1.29, 1.82) is 0 Å². The Kier molecular flexibility index (Phi) is 11.2. The molecular formula is C11H23ClS. The highest BCUT2D eigenvalue weighted by Gasteiger charge is 2.00. The van der Waals surface area contributed by atoms with Crippen molar-refractivity contribution in [3.63, 3.8) is 0 Å². The van der Waals surface area contributed by atoms with E-state index >= 15 is 0 Å². The van der Waals surface area contributed by atoms with E-state index in [1.165, 1.54) is 43.6 Å². The summed E-state index contributed by atoms with van der Waals surface area (Å²) in [4.78, 5) is 0. The second-order valence-electron chi connectivity index (χ2n) is 3.69. The summed E-state index contributed by atoms with van der Waals surface area (Å²) in [6.45, 7) is 4.56. The minimum absolute atomic E-state index is 0.816. The molecule has 0 saturated heterocycles. The van der Waals surface area contributed by atoms with Gasteiger partial charge in [-0.25, -0.2) is 0 Å². The zero-order valence-electron chi connectivity index (χ0n) is 9.02. The topological polar surface area (TPSA) is 0 Å². The predicted octanol–water partition coefficient (Wildman–Crippen LogP) is 4.56. The molecule has 0 bridgehead atoms. The minimum atomic E-state index is 0.816. The van der Waals surface area contributed by atoms with Crippen LogP contribution in [0.15, 0.2) is 0 Å². The molecular weight excluding hydrogens is 200 g/mol. The summed E-state index contributed by atoms with van der Waals surface area (Å²) < 4.78 is 0. The summed E-state index contributed by atoms with van der Waals surface area (Å²) >= 11 is 7.78. The molecule has 1 unspecified atom stereocenters. The first kappa shape index (κ1) is 13.6. The third-order valence-electron chi connectivity index (χ3n) is 2.25. The maximum absolute atomic E-state index is 5.67. The number of hydrogen-bond donors (Lipinski definition) is 0. The van der Waals surface area contributed by atoms with E-state index in [0.29, 0.717) is 0 Å². The number of rotatable bonds is 9. The molecule has 80 valence electrons. The molecule has 2 heteroatoms. The Morgan fingerprint density at radius 1 is 1.15 bits per heavy atom. The fourth-order valence-electron chi connectivity index (χ4n) is 1.17. The Morgan fingerprint density at radius 2 is 1.92 bits per heavy atom. The van der Waals surface area contributed by atoms with E-state index in [9.17, 15) is 0 Å². The number of alkyl halides is 1. The van der Waals surface area contributed by atoms with Gasteiger partial charge in [0.1, 0.15) is 0 Å². The normalized spacial score (nSPS) is 13.2. The third-order valence-corrected chi connectivity index (χ3v) is 3.57. The van der Waals surface area contributed by atoms with Crippen molar-refractivity contribution >= 4 is 23.4 Å². The van der Waals surface area contributed by atoms with Crippen LogP contribution in [0.2, 0.25) is 0 Å². The second-order valence-corrected chi connectivity index (χ2v) is 5.29. The Bertz CT molecular complexity index is 96.1. The van der Waals surface area contributed by atoms with Crippen LogP contribution in [0.25, 0.3) is 0 Å². The maximum atomic E-state index is 5.67. The highest BCUT2D eigenvalue weighted by Crippen LogP contribution is 2.14. The fourth-order valence-corrected chi connectivity index (χ4v) is 2.73. The van der Waals surface area contributed by atoms with Crippen LogP contribution in [0.1, 0.15) is 46.0 Å². The molecule has 0 N–H and O–H groups in total. The molecule has 0 fully saturated rings. The second kappa shape index (κ2) is 10.7. The highest BCUT2D eigenvalue weighted by atomic mass is 35.5. The van der Waals surface area contributed by atoms with Crippen LogP contribution >= 0.6 is 23.4 Å². The lowest BCUT2D eigenvalue weighted by Gasteiger charge is -2.08. The molecule has 13 heavy (non-hydrogen) atoms. The number of hydrogen-bond acceptors (Lipinski definition) is 1. The van der Waals surface area contributed by atoms with Crippen molar-refractivity contribution in [2.24, 2.45) is 5.92 Å². The van der Waals surface area contributed by atoms with Gasteiger partial charge in [-0.2, -0.15) is 11.8 Å². The highest BCUT2D eigenvalue weighted by molar-refractivity contribution is 7.99. The number of unbranched alkanes of at least 4 members (excludes halogenated alkanes) is 2. The molecule has 0 aromatic rings. The first-order chi connectivity index (χ1) is 6.31. The van der Waals surface area contributed by atoms with Gasteiger partial charge in [0.15, 0.2) is 0 Å². The van der Waals surface area contributed by atoms with E-state index in [1.807, 2.05) is 0 Å². The van der Waals surface area contributed by atoms with E-state index in [0.717, 1.165) is 11.8 Å². The largest absolute Gasteiger partial charge is 0.162 e. The van der Waals surface area contributed by atoms with Crippen molar-refractivity contribution in [1.82, 2.24) is 0 Å². The Hall–Kier alpha value is 0.640. The zero-order valence-corrected chi connectivity index (χ0v) is 10.6. The average Bonchev–Trinajstić information content (AvgIpc) is 2.11. The maximum Gasteiger partial charge on any atom is 0.0225 e. The monoisotopic (exact) mass is 222 g/mol. The molecule has 1 atom stereocenters. The van der Waals surface area contributed by atoms with Gasteiger partial charge in [-0.1, -0.05) is 26.7 Å². The summed E-state index contributed by atoms with van der Waals surface area (Å²) in [7, 11) is 0. The number of thioether (sulfide) groups is 1. The van der Waals surface area contributed by atoms with Gasteiger partial charge in [-0.15, -0.1) is 11.6 Å². The van der Waals surface area contributed by atoms with Crippen LogP contribution < -0.4 is 0 Å². The molecule has 0 saturated carbocycles. The summed E-state index contributed by atoms with van der Waals surface area (Å²) in [6, 6.07) is 0. The Labute approximate surface area is 92.8 Å². The first-order valence-corrected chi connectivity index (χ1v) is 7.13. The fraction of sp³-hybridized carbons (Fsp3) is 1.00. The molecule has 0 amide bonds. The van der Waals surface area contributed by atoms with Gasteiger partial charge in [0.05, 0.1) is 0 Å². The first-order valence-electron chi connectivity index (χ1n) is 5.45. The van der Waals surface area contributed by atoms with Gasteiger partial charge in [0, 0.05) is 5.88 Å². The van der Waals surface area contributed by atoms with Gasteiger partial charge in [-0.3, -0.25) is 0 Å². The molecule has 0 radical (unpaired) electrons. The van der Waals surface area contributed by atoms with E-state index in [-0.39, 0.29) is 0 Å². The molecule has 0 aliphatic rings. The lowest BCUT2D eigenvalue weighted by atomic mass is 10.1. The molecule has 0 aromatic carbocycles. The van der Waals surface area contributed by atoms with Crippen LogP contribution in [0, 0.1) is 5.92 Å². The molecule has 0 aliphatic carbocycles. The van der Waals surface area contributed by atoms with Crippen LogP contribution in [0.3, 0.4) is 0 Å². The predicted molar refractivity (Wildman–Crippen MR) is 66.0 cm³/mol. The summed E-state index contributed by atoms with van der Waals surface area (Å²) in [6.07, 6.45) is 6.64. The van der Waals surface area contributed by atoms with Gasteiger partial charge in [-0.05, 0) is 36.7 Å².